The molecule has 28 heavy (non-hydrogen) atoms. The second kappa shape index (κ2) is 7.71. The molecule has 1 aliphatic rings. The average Bonchev–Trinajstić information content (AvgIpc) is 3.27. The Kier molecular flexibility index (Phi) is 5.13. The summed E-state index contributed by atoms with van der Waals surface area (Å²) in [6, 6.07) is 4.02. The first-order valence-electron chi connectivity index (χ1n) is 9.77. The van der Waals surface area contributed by atoms with Crippen molar-refractivity contribution in [2.24, 2.45) is 0 Å². The molecule has 3 aromatic heterocycles. The third kappa shape index (κ3) is 3.52. The van der Waals surface area contributed by atoms with E-state index in [0.29, 0.717) is 18.8 Å². The number of aromatic nitrogens is 4. The molecule has 1 saturated heterocycles. The van der Waals surface area contributed by atoms with E-state index in [1.165, 1.54) is 6.42 Å². The van der Waals surface area contributed by atoms with Crippen LogP contribution in [0.15, 0.2) is 23.0 Å². The SMILES string of the molecule is Cc1nonc1CN(C)Cc1c(C(=O)N2CCCCC2)nc2c(C)cccn12. The number of rotatable bonds is 5. The van der Waals surface area contributed by atoms with Gasteiger partial charge in [-0.1, -0.05) is 16.4 Å². The average molecular weight is 382 g/mol. The van der Waals surface area contributed by atoms with Gasteiger partial charge in [0.15, 0.2) is 5.69 Å². The van der Waals surface area contributed by atoms with Crippen molar-refractivity contribution < 1.29 is 9.42 Å². The number of aryl methyl sites for hydroxylation is 2. The zero-order chi connectivity index (χ0) is 19.7. The van der Waals surface area contributed by atoms with Gasteiger partial charge in [0.2, 0.25) is 0 Å². The number of carbonyl (C=O) groups is 1. The Morgan fingerprint density at radius 2 is 1.96 bits per heavy atom. The molecule has 0 saturated carbocycles. The quantitative estimate of drug-likeness (QED) is 0.675. The summed E-state index contributed by atoms with van der Waals surface area (Å²) < 4.78 is 6.84. The Hall–Kier alpha value is -2.74. The van der Waals surface area contributed by atoms with Gasteiger partial charge in [-0.15, -0.1) is 0 Å². The maximum atomic E-state index is 13.2. The summed E-state index contributed by atoms with van der Waals surface area (Å²) in [5.74, 6) is 0.0329. The lowest BCUT2D eigenvalue weighted by Crippen LogP contribution is -2.36. The number of hydrogen-bond donors (Lipinski definition) is 0. The van der Waals surface area contributed by atoms with Crippen molar-refractivity contribution in [3.63, 3.8) is 0 Å². The van der Waals surface area contributed by atoms with Crippen LogP contribution in [0, 0.1) is 13.8 Å². The van der Waals surface area contributed by atoms with E-state index in [-0.39, 0.29) is 5.91 Å². The summed E-state index contributed by atoms with van der Waals surface area (Å²) >= 11 is 0. The minimum atomic E-state index is 0.0329. The third-order valence-electron chi connectivity index (χ3n) is 5.38. The fourth-order valence-electron chi connectivity index (χ4n) is 3.78. The summed E-state index contributed by atoms with van der Waals surface area (Å²) in [7, 11) is 2.00. The van der Waals surface area contributed by atoms with Gasteiger partial charge in [-0.25, -0.2) is 9.61 Å². The van der Waals surface area contributed by atoms with Crippen molar-refractivity contribution >= 4 is 11.6 Å². The molecule has 4 heterocycles. The minimum absolute atomic E-state index is 0.0329. The maximum absolute atomic E-state index is 13.2. The lowest BCUT2D eigenvalue weighted by Gasteiger charge is -2.26. The van der Waals surface area contributed by atoms with E-state index < -0.39 is 0 Å². The van der Waals surface area contributed by atoms with Crippen molar-refractivity contribution in [3.05, 3.63) is 46.7 Å². The summed E-state index contributed by atoms with van der Waals surface area (Å²) in [4.78, 5) is 22.0. The normalized spacial score (nSPS) is 14.9. The summed E-state index contributed by atoms with van der Waals surface area (Å²) in [6.07, 6.45) is 5.29. The monoisotopic (exact) mass is 382 g/mol. The number of piperidine rings is 1. The van der Waals surface area contributed by atoms with Gasteiger partial charge >= 0.3 is 0 Å². The van der Waals surface area contributed by atoms with Gasteiger partial charge in [0.1, 0.15) is 17.0 Å². The highest BCUT2D eigenvalue weighted by molar-refractivity contribution is 5.94. The molecule has 3 aromatic rings. The highest BCUT2D eigenvalue weighted by Gasteiger charge is 2.26. The Morgan fingerprint density at radius 3 is 2.68 bits per heavy atom. The molecule has 4 rings (SSSR count). The number of hydrogen-bond acceptors (Lipinski definition) is 6. The number of nitrogens with zero attached hydrogens (tertiary/aromatic N) is 6. The van der Waals surface area contributed by atoms with E-state index >= 15 is 0 Å². The molecular formula is C20H26N6O2. The minimum Gasteiger partial charge on any atom is -0.337 e. The Labute approximate surface area is 164 Å². The van der Waals surface area contributed by atoms with Crippen LogP contribution in [0.2, 0.25) is 0 Å². The molecule has 0 bridgehead atoms. The number of imidazole rings is 1. The van der Waals surface area contributed by atoms with E-state index in [9.17, 15) is 4.79 Å². The lowest BCUT2D eigenvalue weighted by atomic mass is 10.1. The molecule has 0 N–H and O–H groups in total. The molecule has 0 aliphatic carbocycles. The van der Waals surface area contributed by atoms with Gasteiger partial charge in [0.25, 0.3) is 5.91 Å². The molecule has 0 unspecified atom stereocenters. The number of pyridine rings is 1. The fourth-order valence-corrected chi connectivity index (χ4v) is 3.78. The first-order valence-corrected chi connectivity index (χ1v) is 9.77. The third-order valence-corrected chi connectivity index (χ3v) is 5.38. The van der Waals surface area contributed by atoms with Crippen molar-refractivity contribution in [1.29, 1.82) is 0 Å². The van der Waals surface area contributed by atoms with Gasteiger partial charge in [-0.05, 0) is 51.8 Å². The van der Waals surface area contributed by atoms with Crippen LogP contribution in [-0.4, -0.2) is 55.5 Å². The molecule has 1 aliphatic heterocycles. The zero-order valence-corrected chi connectivity index (χ0v) is 16.7. The molecule has 8 heteroatoms. The molecule has 8 nitrogen and oxygen atoms in total. The van der Waals surface area contributed by atoms with Crippen LogP contribution >= 0.6 is 0 Å². The lowest BCUT2D eigenvalue weighted by molar-refractivity contribution is 0.0716. The number of fused-ring (bicyclic) bond motifs is 1. The standard InChI is InChI=1S/C20H26N6O2/c1-14-8-7-11-26-17(13-24(3)12-16-15(2)22-28-23-16)18(21-19(14)26)20(27)25-9-5-4-6-10-25/h7-8,11H,4-6,9-10,12-13H2,1-3H3. The van der Waals surface area contributed by atoms with E-state index in [1.807, 2.05) is 48.5 Å². The number of carbonyl (C=O) groups excluding carboxylic acids is 1. The summed E-state index contributed by atoms with van der Waals surface area (Å²) in [6.45, 7) is 6.69. The molecule has 1 amide bonds. The number of amides is 1. The molecule has 0 radical (unpaired) electrons. The zero-order valence-electron chi connectivity index (χ0n) is 16.7. The molecule has 0 spiro atoms. The van der Waals surface area contributed by atoms with E-state index in [2.05, 4.69) is 15.2 Å². The van der Waals surface area contributed by atoms with E-state index in [1.54, 1.807) is 0 Å². The van der Waals surface area contributed by atoms with E-state index in [4.69, 9.17) is 9.61 Å². The predicted octanol–water partition coefficient (Wildman–Crippen LogP) is 2.59. The van der Waals surface area contributed by atoms with Crippen molar-refractivity contribution in [2.45, 2.75) is 46.2 Å². The first kappa shape index (κ1) is 18.6. The van der Waals surface area contributed by atoms with Gasteiger partial charge in [0.05, 0.1) is 5.69 Å². The van der Waals surface area contributed by atoms with Gasteiger partial charge in [-0.3, -0.25) is 9.69 Å². The highest BCUT2D eigenvalue weighted by Crippen LogP contribution is 2.21. The van der Waals surface area contributed by atoms with Crippen LogP contribution in [0.4, 0.5) is 0 Å². The summed E-state index contributed by atoms with van der Waals surface area (Å²) in [5.41, 5.74) is 4.94. The van der Waals surface area contributed by atoms with Crippen LogP contribution in [0.1, 0.15) is 52.4 Å². The molecule has 0 atom stereocenters. The maximum Gasteiger partial charge on any atom is 0.274 e. The van der Waals surface area contributed by atoms with Crippen LogP contribution in [0.3, 0.4) is 0 Å². The van der Waals surface area contributed by atoms with Crippen molar-refractivity contribution in [1.82, 2.24) is 29.5 Å². The first-order chi connectivity index (χ1) is 13.5. The van der Waals surface area contributed by atoms with Crippen molar-refractivity contribution in [3.8, 4) is 0 Å². The van der Waals surface area contributed by atoms with Crippen LogP contribution in [0.5, 0.6) is 0 Å². The Morgan fingerprint density at radius 1 is 1.18 bits per heavy atom. The van der Waals surface area contributed by atoms with Crippen LogP contribution < -0.4 is 0 Å². The van der Waals surface area contributed by atoms with E-state index in [0.717, 1.165) is 54.2 Å². The topological polar surface area (TPSA) is 79.8 Å². The Bertz CT molecular complexity index is 986. The predicted molar refractivity (Wildman–Crippen MR) is 104 cm³/mol. The fraction of sp³-hybridized carbons (Fsp3) is 0.500. The second-order valence-electron chi connectivity index (χ2n) is 7.61. The van der Waals surface area contributed by atoms with Gasteiger partial charge < -0.3 is 9.30 Å². The molecule has 0 aromatic carbocycles. The highest BCUT2D eigenvalue weighted by atomic mass is 16.6. The van der Waals surface area contributed by atoms with Crippen LogP contribution in [-0.2, 0) is 13.1 Å². The largest absolute Gasteiger partial charge is 0.337 e. The van der Waals surface area contributed by atoms with Crippen LogP contribution in [0.25, 0.3) is 5.65 Å². The second-order valence-corrected chi connectivity index (χ2v) is 7.61. The Balaban J connectivity index is 1.67. The molecular weight excluding hydrogens is 356 g/mol. The van der Waals surface area contributed by atoms with Gasteiger partial charge in [0, 0.05) is 32.4 Å². The van der Waals surface area contributed by atoms with Crippen molar-refractivity contribution in [2.75, 3.05) is 20.1 Å². The van der Waals surface area contributed by atoms with Gasteiger partial charge in [-0.2, -0.15) is 0 Å². The summed E-state index contributed by atoms with van der Waals surface area (Å²) in [5, 5.41) is 7.81. The molecule has 1 fully saturated rings. The molecule has 148 valence electrons. The smallest absolute Gasteiger partial charge is 0.274 e. The number of likely N-dealkylation sites (tertiary alicyclic amines) is 1.